The molecule has 0 spiro atoms. The van der Waals surface area contributed by atoms with Gasteiger partial charge in [0.25, 0.3) is 0 Å². The fourth-order valence-electron chi connectivity index (χ4n) is 2.46. The minimum atomic E-state index is 0.931. The van der Waals surface area contributed by atoms with Crippen molar-refractivity contribution in [1.29, 1.82) is 0 Å². The molecular weight excluding hydrogens is 246 g/mol. The van der Waals surface area contributed by atoms with Crippen LogP contribution in [0.3, 0.4) is 0 Å². The summed E-state index contributed by atoms with van der Waals surface area (Å²) in [6, 6.07) is 8.43. The zero-order valence-electron chi connectivity index (χ0n) is 9.89. The van der Waals surface area contributed by atoms with Crippen LogP contribution in [-0.2, 0) is 0 Å². The summed E-state index contributed by atoms with van der Waals surface area (Å²) in [5, 5.41) is 0. The van der Waals surface area contributed by atoms with E-state index < -0.39 is 0 Å². The lowest BCUT2D eigenvalue weighted by Gasteiger charge is -2.20. The number of thiazole rings is 1. The maximum Gasteiger partial charge on any atom is 0.151 e. The number of hydrogen-bond acceptors (Lipinski definition) is 3. The molecule has 0 amide bonds. The van der Waals surface area contributed by atoms with Crippen molar-refractivity contribution in [3.8, 4) is 0 Å². The van der Waals surface area contributed by atoms with Crippen LogP contribution in [0, 0.1) is 5.92 Å². The van der Waals surface area contributed by atoms with Crippen LogP contribution in [0.4, 0.5) is 0 Å². The highest BCUT2D eigenvalue weighted by Gasteiger charge is 2.14. The van der Waals surface area contributed by atoms with E-state index in [-0.39, 0.29) is 0 Å². The quantitative estimate of drug-likeness (QED) is 0.725. The Morgan fingerprint density at radius 2 is 2.00 bits per heavy atom. The molecule has 0 unspecified atom stereocenters. The lowest BCUT2D eigenvalue weighted by Crippen LogP contribution is -2.08. The highest BCUT2D eigenvalue weighted by molar-refractivity contribution is 8.01. The number of aromatic nitrogens is 1. The van der Waals surface area contributed by atoms with Crippen molar-refractivity contribution in [3.05, 3.63) is 24.3 Å². The van der Waals surface area contributed by atoms with Gasteiger partial charge in [0.05, 0.1) is 10.2 Å². The molecule has 0 saturated heterocycles. The molecule has 0 radical (unpaired) electrons. The number of fused-ring (bicyclic) bond motifs is 1. The van der Waals surface area contributed by atoms with E-state index in [0.29, 0.717) is 0 Å². The minimum Gasteiger partial charge on any atom is -0.230 e. The Balaban J connectivity index is 1.64. The molecule has 2 aromatic rings. The molecule has 1 fully saturated rings. The summed E-state index contributed by atoms with van der Waals surface area (Å²) in [4.78, 5) is 4.68. The van der Waals surface area contributed by atoms with Crippen LogP contribution in [0.1, 0.15) is 32.1 Å². The van der Waals surface area contributed by atoms with Gasteiger partial charge in [-0.1, -0.05) is 43.2 Å². The maximum atomic E-state index is 4.68. The normalized spacial score (nSPS) is 17.6. The Hall–Kier alpha value is -0.540. The Bertz CT molecular complexity index is 453. The molecule has 1 aliphatic rings. The lowest BCUT2D eigenvalue weighted by atomic mass is 9.91. The second-order valence-corrected chi connectivity index (χ2v) is 7.06. The third kappa shape index (κ3) is 2.83. The molecule has 1 aromatic heterocycles. The van der Waals surface area contributed by atoms with Crippen molar-refractivity contribution >= 4 is 33.3 Å². The van der Waals surface area contributed by atoms with Gasteiger partial charge in [0.15, 0.2) is 4.34 Å². The van der Waals surface area contributed by atoms with Gasteiger partial charge in [-0.25, -0.2) is 4.98 Å². The fourth-order valence-corrected chi connectivity index (χ4v) is 4.74. The number of para-hydroxylation sites is 1. The number of rotatable bonds is 3. The van der Waals surface area contributed by atoms with E-state index in [2.05, 4.69) is 29.2 Å². The third-order valence-corrected chi connectivity index (χ3v) is 5.85. The average Bonchev–Trinajstić information content (AvgIpc) is 2.80. The van der Waals surface area contributed by atoms with Crippen molar-refractivity contribution < 1.29 is 0 Å². The Kier molecular flexibility index (Phi) is 3.67. The predicted octanol–water partition coefficient (Wildman–Crippen LogP) is 4.97. The molecule has 1 aliphatic carbocycles. The Morgan fingerprint density at radius 1 is 1.18 bits per heavy atom. The summed E-state index contributed by atoms with van der Waals surface area (Å²) in [7, 11) is 0. The Morgan fingerprint density at radius 3 is 2.82 bits per heavy atom. The largest absolute Gasteiger partial charge is 0.230 e. The first-order valence-electron chi connectivity index (χ1n) is 6.40. The van der Waals surface area contributed by atoms with Gasteiger partial charge in [-0.3, -0.25) is 0 Å². The predicted molar refractivity (Wildman–Crippen MR) is 76.9 cm³/mol. The number of thioether (sulfide) groups is 1. The minimum absolute atomic E-state index is 0.931. The fraction of sp³-hybridized carbons (Fsp3) is 0.500. The molecular formula is C14H17NS2. The van der Waals surface area contributed by atoms with Crippen LogP contribution in [0.25, 0.3) is 10.2 Å². The zero-order chi connectivity index (χ0) is 11.5. The standard InChI is InChI=1S/C14H17NS2/c1-2-6-11(7-3-1)10-16-14-15-12-8-4-5-9-13(12)17-14/h4-5,8-9,11H,1-3,6-7,10H2. The van der Waals surface area contributed by atoms with Gasteiger partial charge < -0.3 is 0 Å². The molecule has 0 aliphatic heterocycles. The van der Waals surface area contributed by atoms with Crippen LogP contribution in [-0.4, -0.2) is 10.7 Å². The van der Waals surface area contributed by atoms with E-state index in [4.69, 9.17) is 0 Å². The van der Waals surface area contributed by atoms with Gasteiger partial charge in [0.1, 0.15) is 0 Å². The van der Waals surface area contributed by atoms with Crippen LogP contribution < -0.4 is 0 Å². The van der Waals surface area contributed by atoms with Crippen molar-refractivity contribution in [2.75, 3.05) is 5.75 Å². The number of hydrogen-bond donors (Lipinski definition) is 0. The smallest absolute Gasteiger partial charge is 0.151 e. The molecule has 0 atom stereocenters. The van der Waals surface area contributed by atoms with Crippen molar-refractivity contribution in [3.63, 3.8) is 0 Å². The van der Waals surface area contributed by atoms with Crippen molar-refractivity contribution in [2.24, 2.45) is 5.92 Å². The van der Waals surface area contributed by atoms with Gasteiger partial charge in [-0.2, -0.15) is 0 Å². The highest BCUT2D eigenvalue weighted by atomic mass is 32.2. The average molecular weight is 263 g/mol. The second-order valence-electron chi connectivity index (χ2n) is 4.76. The van der Waals surface area contributed by atoms with Gasteiger partial charge in [0.2, 0.25) is 0 Å². The summed E-state index contributed by atoms with van der Waals surface area (Å²) in [5.74, 6) is 2.19. The molecule has 1 aromatic carbocycles. The first-order chi connectivity index (χ1) is 8.42. The topological polar surface area (TPSA) is 12.9 Å². The summed E-state index contributed by atoms with van der Waals surface area (Å²) in [5.41, 5.74) is 1.16. The highest BCUT2D eigenvalue weighted by Crippen LogP contribution is 2.33. The summed E-state index contributed by atoms with van der Waals surface area (Å²) in [6.07, 6.45) is 7.17. The lowest BCUT2D eigenvalue weighted by molar-refractivity contribution is 0.391. The van der Waals surface area contributed by atoms with E-state index in [1.165, 1.54) is 46.9 Å². The molecule has 0 bridgehead atoms. The first kappa shape index (κ1) is 11.5. The molecule has 17 heavy (non-hydrogen) atoms. The van der Waals surface area contributed by atoms with Crippen LogP contribution >= 0.6 is 23.1 Å². The zero-order valence-corrected chi connectivity index (χ0v) is 11.5. The van der Waals surface area contributed by atoms with Crippen molar-refractivity contribution in [1.82, 2.24) is 4.98 Å². The Labute approximate surface area is 111 Å². The molecule has 3 heteroatoms. The molecule has 1 heterocycles. The van der Waals surface area contributed by atoms with Gasteiger partial charge >= 0.3 is 0 Å². The van der Waals surface area contributed by atoms with Crippen LogP contribution in [0.5, 0.6) is 0 Å². The van der Waals surface area contributed by atoms with E-state index in [1.54, 1.807) is 0 Å². The molecule has 1 saturated carbocycles. The molecule has 1 nitrogen and oxygen atoms in total. The molecule has 3 rings (SSSR count). The van der Waals surface area contributed by atoms with Crippen molar-refractivity contribution in [2.45, 2.75) is 36.4 Å². The van der Waals surface area contributed by atoms with Gasteiger partial charge in [0, 0.05) is 5.75 Å². The van der Waals surface area contributed by atoms with E-state index in [0.717, 1.165) is 11.4 Å². The summed E-state index contributed by atoms with van der Waals surface area (Å²) < 4.78 is 2.57. The third-order valence-electron chi connectivity index (χ3n) is 3.44. The summed E-state index contributed by atoms with van der Waals surface area (Å²) >= 11 is 3.80. The maximum absolute atomic E-state index is 4.68. The second kappa shape index (κ2) is 5.40. The van der Waals surface area contributed by atoms with Gasteiger partial charge in [-0.15, -0.1) is 11.3 Å². The first-order valence-corrected chi connectivity index (χ1v) is 8.20. The van der Waals surface area contributed by atoms with E-state index in [1.807, 2.05) is 23.1 Å². The number of nitrogens with zero attached hydrogens (tertiary/aromatic N) is 1. The monoisotopic (exact) mass is 263 g/mol. The van der Waals surface area contributed by atoms with E-state index >= 15 is 0 Å². The summed E-state index contributed by atoms with van der Waals surface area (Å²) in [6.45, 7) is 0. The number of benzene rings is 1. The van der Waals surface area contributed by atoms with Crippen LogP contribution in [0.15, 0.2) is 28.6 Å². The van der Waals surface area contributed by atoms with E-state index in [9.17, 15) is 0 Å². The van der Waals surface area contributed by atoms with Gasteiger partial charge in [-0.05, 0) is 30.9 Å². The SMILES string of the molecule is c1ccc2sc(SCC3CCCCC3)nc2c1. The molecule has 0 N–H and O–H groups in total. The molecule has 90 valence electrons. The van der Waals surface area contributed by atoms with Crippen LogP contribution in [0.2, 0.25) is 0 Å².